The van der Waals surface area contributed by atoms with Crippen LogP contribution in [-0.2, 0) is 4.79 Å². The highest BCUT2D eigenvalue weighted by Crippen LogP contribution is 2.37. The summed E-state index contributed by atoms with van der Waals surface area (Å²) in [5.41, 5.74) is 3.63. The maximum atomic E-state index is 13.3. The number of benzene rings is 4. The Morgan fingerprint density at radius 2 is 1.46 bits per heavy atom. The van der Waals surface area contributed by atoms with Crippen LogP contribution in [0.3, 0.4) is 0 Å². The van der Waals surface area contributed by atoms with Crippen LogP contribution in [0.2, 0.25) is 5.02 Å². The van der Waals surface area contributed by atoms with Gasteiger partial charge in [0.15, 0.2) is 10.9 Å². The SMILES string of the molecule is CC(=O)c1ccc(NC(=S)Nc2cccc(SC(C(=O)Nc3ccccc3Cl)c3ccccc3)c2)cc1. The van der Waals surface area contributed by atoms with E-state index < -0.39 is 5.25 Å². The normalized spacial score (nSPS) is 11.3. The van der Waals surface area contributed by atoms with Gasteiger partial charge in [-0.25, -0.2) is 0 Å². The van der Waals surface area contributed by atoms with Gasteiger partial charge in [-0.3, -0.25) is 9.59 Å². The first-order valence-electron chi connectivity index (χ1n) is 11.4. The van der Waals surface area contributed by atoms with Crippen molar-refractivity contribution in [3.05, 3.63) is 119 Å². The number of carbonyl (C=O) groups is 2. The molecular weight excluding hydrogens is 522 g/mol. The van der Waals surface area contributed by atoms with Crippen molar-refractivity contribution in [1.82, 2.24) is 0 Å². The smallest absolute Gasteiger partial charge is 0.242 e. The summed E-state index contributed by atoms with van der Waals surface area (Å²) < 4.78 is 0. The third-order valence-electron chi connectivity index (χ3n) is 5.37. The lowest BCUT2D eigenvalue weighted by Crippen LogP contribution is -2.20. The van der Waals surface area contributed by atoms with Gasteiger partial charge < -0.3 is 16.0 Å². The van der Waals surface area contributed by atoms with Crippen molar-refractivity contribution >= 4 is 69.4 Å². The van der Waals surface area contributed by atoms with Gasteiger partial charge in [0.2, 0.25) is 5.91 Å². The summed E-state index contributed by atoms with van der Waals surface area (Å²) in [5.74, 6) is -0.162. The van der Waals surface area contributed by atoms with Crippen molar-refractivity contribution in [3.63, 3.8) is 0 Å². The van der Waals surface area contributed by atoms with E-state index in [1.54, 1.807) is 36.4 Å². The fourth-order valence-electron chi connectivity index (χ4n) is 3.53. The number of thioether (sulfide) groups is 1. The van der Waals surface area contributed by atoms with Gasteiger partial charge in [0.25, 0.3) is 0 Å². The molecule has 4 rings (SSSR count). The van der Waals surface area contributed by atoms with Gasteiger partial charge in [0.1, 0.15) is 5.25 Å². The molecule has 3 N–H and O–H groups in total. The third kappa shape index (κ3) is 7.43. The Bertz CT molecular complexity index is 1410. The second-order valence-electron chi connectivity index (χ2n) is 8.12. The molecule has 1 amide bonds. The highest BCUT2D eigenvalue weighted by atomic mass is 35.5. The summed E-state index contributed by atoms with van der Waals surface area (Å²) >= 11 is 13.2. The van der Waals surface area contributed by atoms with E-state index in [-0.39, 0.29) is 11.7 Å². The zero-order valence-electron chi connectivity index (χ0n) is 19.9. The molecule has 0 spiro atoms. The molecule has 0 aromatic heterocycles. The largest absolute Gasteiger partial charge is 0.332 e. The van der Waals surface area contributed by atoms with Crippen LogP contribution in [0.4, 0.5) is 17.1 Å². The molecular formula is C29H24ClN3O2S2. The summed E-state index contributed by atoms with van der Waals surface area (Å²) in [4.78, 5) is 25.7. The van der Waals surface area contributed by atoms with E-state index in [0.29, 0.717) is 21.4 Å². The number of halogens is 1. The van der Waals surface area contributed by atoms with Gasteiger partial charge in [-0.15, -0.1) is 11.8 Å². The molecule has 4 aromatic rings. The molecule has 0 heterocycles. The molecule has 0 saturated heterocycles. The Morgan fingerprint density at radius 1 is 0.784 bits per heavy atom. The van der Waals surface area contributed by atoms with E-state index in [1.165, 1.54) is 18.7 Å². The van der Waals surface area contributed by atoms with Crippen LogP contribution in [0.1, 0.15) is 28.1 Å². The number of carbonyl (C=O) groups excluding carboxylic acids is 2. The molecule has 0 aliphatic rings. The zero-order chi connectivity index (χ0) is 26.2. The first-order valence-corrected chi connectivity index (χ1v) is 13.1. The van der Waals surface area contributed by atoms with Gasteiger partial charge >= 0.3 is 0 Å². The lowest BCUT2D eigenvalue weighted by molar-refractivity contribution is -0.115. The first kappa shape index (κ1) is 26.4. The summed E-state index contributed by atoms with van der Waals surface area (Å²) in [6.45, 7) is 1.53. The number of para-hydroxylation sites is 1. The number of hydrogen-bond acceptors (Lipinski definition) is 4. The average molecular weight is 546 g/mol. The van der Waals surface area contributed by atoms with Crippen molar-refractivity contribution in [1.29, 1.82) is 0 Å². The van der Waals surface area contributed by atoms with Crippen LogP contribution in [0.15, 0.2) is 108 Å². The lowest BCUT2D eigenvalue weighted by atomic mass is 10.1. The van der Waals surface area contributed by atoms with Crippen LogP contribution >= 0.6 is 35.6 Å². The van der Waals surface area contributed by atoms with Crippen LogP contribution in [-0.4, -0.2) is 16.8 Å². The lowest BCUT2D eigenvalue weighted by Gasteiger charge is -2.18. The molecule has 5 nitrogen and oxygen atoms in total. The summed E-state index contributed by atoms with van der Waals surface area (Å²) in [7, 11) is 0. The number of thiocarbonyl (C=S) groups is 1. The van der Waals surface area contributed by atoms with Crippen molar-refractivity contribution in [2.45, 2.75) is 17.1 Å². The number of nitrogens with one attached hydrogen (secondary N) is 3. The molecule has 0 aliphatic carbocycles. The highest BCUT2D eigenvalue weighted by molar-refractivity contribution is 8.00. The van der Waals surface area contributed by atoms with Crippen molar-refractivity contribution in [2.75, 3.05) is 16.0 Å². The molecule has 0 fully saturated rings. The quantitative estimate of drug-likeness (QED) is 0.119. The van der Waals surface area contributed by atoms with E-state index in [2.05, 4.69) is 16.0 Å². The second kappa shape index (κ2) is 12.5. The van der Waals surface area contributed by atoms with E-state index in [1.807, 2.05) is 66.7 Å². The van der Waals surface area contributed by atoms with Crippen molar-refractivity contribution < 1.29 is 9.59 Å². The Hall–Kier alpha value is -3.65. The topological polar surface area (TPSA) is 70.2 Å². The number of Topliss-reactive ketones (excluding diaryl/α,β-unsaturated/α-hetero) is 1. The zero-order valence-corrected chi connectivity index (χ0v) is 22.3. The van der Waals surface area contributed by atoms with E-state index >= 15 is 0 Å². The summed E-state index contributed by atoms with van der Waals surface area (Å²) in [6.07, 6.45) is 0. The van der Waals surface area contributed by atoms with Gasteiger partial charge in [-0.2, -0.15) is 0 Å². The van der Waals surface area contributed by atoms with Crippen LogP contribution in [0.5, 0.6) is 0 Å². The number of amides is 1. The Labute approximate surface area is 230 Å². The summed E-state index contributed by atoms with van der Waals surface area (Å²) in [6, 6.07) is 31.6. The minimum absolute atomic E-state index is 0.0101. The molecule has 0 saturated carbocycles. The van der Waals surface area contributed by atoms with E-state index in [9.17, 15) is 9.59 Å². The fourth-order valence-corrected chi connectivity index (χ4v) is 5.03. The summed E-state index contributed by atoms with van der Waals surface area (Å²) in [5, 5.41) is 9.64. The number of ketones is 1. The first-order chi connectivity index (χ1) is 17.9. The predicted molar refractivity (Wildman–Crippen MR) is 158 cm³/mol. The van der Waals surface area contributed by atoms with Crippen LogP contribution < -0.4 is 16.0 Å². The second-order valence-corrected chi connectivity index (χ2v) is 10.1. The number of rotatable bonds is 8. The molecule has 186 valence electrons. The van der Waals surface area contributed by atoms with Gasteiger partial charge in [0, 0.05) is 21.8 Å². The minimum Gasteiger partial charge on any atom is -0.332 e. The van der Waals surface area contributed by atoms with E-state index in [0.717, 1.165) is 21.8 Å². The molecule has 0 radical (unpaired) electrons. The Morgan fingerprint density at radius 3 is 2.16 bits per heavy atom. The van der Waals surface area contributed by atoms with Gasteiger partial charge in [0.05, 0.1) is 10.7 Å². The third-order valence-corrected chi connectivity index (χ3v) is 7.15. The van der Waals surface area contributed by atoms with E-state index in [4.69, 9.17) is 23.8 Å². The van der Waals surface area contributed by atoms with Gasteiger partial charge in [-0.1, -0.05) is 60.1 Å². The molecule has 1 unspecified atom stereocenters. The predicted octanol–water partition coefficient (Wildman–Crippen LogP) is 7.82. The maximum Gasteiger partial charge on any atom is 0.242 e. The minimum atomic E-state index is -0.502. The molecule has 1 atom stereocenters. The van der Waals surface area contributed by atoms with Crippen LogP contribution in [0, 0.1) is 0 Å². The molecule has 0 bridgehead atoms. The van der Waals surface area contributed by atoms with Crippen LogP contribution in [0.25, 0.3) is 0 Å². The van der Waals surface area contributed by atoms with Crippen molar-refractivity contribution in [2.24, 2.45) is 0 Å². The fraction of sp³-hybridized carbons (Fsp3) is 0.0690. The van der Waals surface area contributed by atoms with Crippen molar-refractivity contribution in [3.8, 4) is 0 Å². The molecule has 37 heavy (non-hydrogen) atoms. The Kier molecular flexibility index (Phi) is 8.95. The number of hydrogen-bond donors (Lipinski definition) is 3. The maximum absolute atomic E-state index is 13.3. The average Bonchev–Trinajstić information content (AvgIpc) is 2.89. The Balaban J connectivity index is 1.47. The molecule has 8 heteroatoms. The highest BCUT2D eigenvalue weighted by Gasteiger charge is 2.23. The monoisotopic (exact) mass is 545 g/mol. The molecule has 0 aliphatic heterocycles. The van der Waals surface area contributed by atoms with Gasteiger partial charge in [-0.05, 0) is 79.3 Å². The number of anilines is 3. The standard InChI is InChI=1S/C29H24ClN3O2S2/c1-19(34)20-14-16-22(17-15-20)31-29(36)32-23-10-7-11-24(18-23)37-27(21-8-3-2-4-9-21)28(35)33-26-13-6-5-12-25(26)30/h2-18,27H,1H3,(H,33,35)(H2,31,32,36). The molecule has 4 aromatic carbocycles.